The Kier molecular flexibility index (Phi) is 5.82. The van der Waals surface area contributed by atoms with Gasteiger partial charge in [-0.15, -0.1) is 0 Å². The van der Waals surface area contributed by atoms with Gasteiger partial charge in [-0.3, -0.25) is 9.52 Å². The zero-order chi connectivity index (χ0) is 23.8. The molecule has 170 valence electrons. The summed E-state index contributed by atoms with van der Waals surface area (Å²) < 4.78 is 27.6. The minimum absolute atomic E-state index is 0.0399. The SMILES string of the molecule is CN(C)C(=O)c1ccc(-c2cc3c(Nc4cccc(NS(C)(=O)=O)c4)nccc3n2C)cc1. The Labute approximate surface area is 192 Å². The summed E-state index contributed by atoms with van der Waals surface area (Å²) in [6.45, 7) is 0. The summed E-state index contributed by atoms with van der Waals surface area (Å²) in [5, 5.41) is 4.21. The third kappa shape index (κ3) is 4.83. The van der Waals surface area contributed by atoms with Crippen LogP contribution in [0.1, 0.15) is 10.4 Å². The van der Waals surface area contributed by atoms with E-state index in [1.807, 2.05) is 49.5 Å². The van der Waals surface area contributed by atoms with Gasteiger partial charge in [0.2, 0.25) is 10.0 Å². The average Bonchev–Trinajstić information content (AvgIpc) is 3.10. The van der Waals surface area contributed by atoms with Crippen molar-refractivity contribution in [2.24, 2.45) is 7.05 Å². The third-order valence-corrected chi connectivity index (χ3v) is 5.84. The number of nitrogens with one attached hydrogen (secondary N) is 2. The fourth-order valence-electron chi connectivity index (χ4n) is 3.69. The summed E-state index contributed by atoms with van der Waals surface area (Å²) in [6.07, 6.45) is 2.84. The molecule has 4 aromatic rings. The molecule has 0 aliphatic rings. The van der Waals surface area contributed by atoms with Gasteiger partial charge in [-0.25, -0.2) is 13.4 Å². The first-order valence-corrected chi connectivity index (χ1v) is 12.1. The highest BCUT2D eigenvalue weighted by molar-refractivity contribution is 7.92. The predicted octanol–water partition coefficient (Wildman–Crippen LogP) is 4.06. The van der Waals surface area contributed by atoms with Gasteiger partial charge in [-0.1, -0.05) is 18.2 Å². The maximum absolute atomic E-state index is 12.2. The molecule has 2 aromatic heterocycles. The van der Waals surface area contributed by atoms with Crippen molar-refractivity contribution in [2.75, 3.05) is 30.4 Å². The Morgan fingerprint density at radius 3 is 2.36 bits per heavy atom. The molecule has 2 N–H and O–H groups in total. The number of sulfonamides is 1. The number of carbonyl (C=O) groups is 1. The molecule has 1 amide bonds. The van der Waals surface area contributed by atoms with Crippen LogP contribution in [0, 0.1) is 0 Å². The number of carbonyl (C=O) groups excluding carboxylic acids is 1. The van der Waals surface area contributed by atoms with Crippen LogP contribution in [-0.4, -0.2) is 49.1 Å². The molecule has 0 saturated heterocycles. The molecule has 2 heterocycles. The Hall–Kier alpha value is -3.85. The largest absolute Gasteiger partial charge is 0.345 e. The van der Waals surface area contributed by atoms with Gasteiger partial charge in [0.25, 0.3) is 5.91 Å². The molecule has 0 fully saturated rings. The highest BCUT2D eigenvalue weighted by atomic mass is 32.2. The van der Waals surface area contributed by atoms with Gasteiger partial charge in [0.1, 0.15) is 5.82 Å². The van der Waals surface area contributed by atoms with E-state index in [1.54, 1.807) is 43.4 Å². The Morgan fingerprint density at radius 2 is 1.70 bits per heavy atom. The Balaban J connectivity index is 1.68. The van der Waals surface area contributed by atoms with Crippen LogP contribution in [0.4, 0.5) is 17.2 Å². The standard InChI is InChI=1S/C24H25N5O3S/c1-28(2)24(30)17-10-8-16(9-11-17)22-15-20-21(29(22)3)12-13-25-23(20)26-18-6-5-7-19(14-18)27-33(4,31)32/h5-15,27H,1-4H3,(H,25,26). The van der Waals surface area contributed by atoms with Crippen LogP contribution in [0.3, 0.4) is 0 Å². The van der Waals surface area contributed by atoms with Crippen LogP contribution in [0.2, 0.25) is 0 Å². The first kappa shape index (κ1) is 22.3. The number of aryl methyl sites for hydroxylation is 1. The summed E-state index contributed by atoms with van der Waals surface area (Å²) in [4.78, 5) is 18.2. The lowest BCUT2D eigenvalue weighted by molar-refractivity contribution is 0.0827. The molecular formula is C24H25N5O3S. The van der Waals surface area contributed by atoms with Crippen molar-refractivity contribution in [2.45, 2.75) is 0 Å². The number of hydrogen-bond acceptors (Lipinski definition) is 5. The molecule has 33 heavy (non-hydrogen) atoms. The molecule has 0 aliphatic heterocycles. The summed E-state index contributed by atoms with van der Waals surface area (Å²) >= 11 is 0. The molecule has 0 aliphatic carbocycles. The van der Waals surface area contributed by atoms with E-state index in [-0.39, 0.29) is 5.91 Å². The summed E-state index contributed by atoms with van der Waals surface area (Å²) in [5.74, 6) is 0.618. The summed E-state index contributed by atoms with van der Waals surface area (Å²) in [6, 6.07) is 18.5. The molecule has 0 radical (unpaired) electrons. The van der Waals surface area contributed by atoms with Crippen molar-refractivity contribution in [1.82, 2.24) is 14.5 Å². The van der Waals surface area contributed by atoms with E-state index in [1.165, 1.54) is 0 Å². The van der Waals surface area contributed by atoms with Crippen LogP contribution in [0.5, 0.6) is 0 Å². The van der Waals surface area contributed by atoms with E-state index in [2.05, 4.69) is 19.6 Å². The molecule has 0 bridgehead atoms. The van der Waals surface area contributed by atoms with Crippen molar-refractivity contribution in [3.05, 3.63) is 72.4 Å². The molecular weight excluding hydrogens is 438 g/mol. The van der Waals surface area contributed by atoms with Crippen LogP contribution in [-0.2, 0) is 17.1 Å². The first-order chi connectivity index (χ1) is 15.6. The second kappa shape index (κ2) is 8.59. The van der Waals surface area contributed by atoms with Crippen LogP contribution >= 0.6 is 0 Å². The number of amides is 1. The van der Waals surface area contributed by atoms with Crippen molar-refractivity contribution < 1.29 is 13.2 Å². The molecule has 8 nitrogen and oxygen atoms in total. The van der Waals surface area contributed by atoms with Crippen LogP contribution in [0.25, 0.3) is 22.2 Å². The topological polar surface area (TPSA) is 96.3 Å². The summed E-state index contributed by atoms with van der Waals surface area (Å²) in [7, 11) is 2.08. The minimum atomic E-state index is -3.37. The fraction of sp³-hybridized carbons (Fsp3) is 0.167. The number of pyridine rings is 1. The lowest BCUT2D eigenvalue weighted by atomic mass is 10.1. The van der Waals surface area contributed by atoms with Gasteiger partial charge in [0, 0.05) is 49.7 Å². The number of nitrogens with zero attached hydrogens (tertiary/aromatic N) is 3. The molecule has 0 unspecified atom stereocenters. The highest BCUT2D eigenvalue weighted by Gasteiger charge is 2.14. The lowest BCUT2D eigenvalue weighted by Crippen LogP contribution is -2.21. The lowest BCUT2D eigenvalue weighted by Gasteiger charge is -2.11. The van der Waals surface area contributed by atoms with Crippen molar-refractivity contribution in [1.29, 1.82) is 0 Å². The number of benzene rings is 2. The zero-order valence-corrected chi connectivity index (χ0v) is 19.6. The van der Waals surface area contributed by atoms with E-state index in [0.29, 0.717) is 22.8 Å². The van der Waals surface area contributed by atoms with E-state index < -0.39 is 10.0 Å². The number of anilines is 3. The third-order valence-electron chi connectivity index (χ3n) is 5.23. The Morgan fingerprint density at radius 1 is 1.00 bits per heavy atom. The molecule has 9 heteroatoms. The van der Waals surface area contributed by atoms with E-state index in [4.69, 9.17) is 0 Å². The molecule has 4 rings (SSSR count). The van der Waals surface area contributed by atoms with Crippen LogP contribution in [0.15, 0.2) is 66.9 Å². The maximum atomic E-state index is 12.2. The minimum Gasteiger partial charge on any atom is -0.345 e. The average molecular weight is 464 g/mol. The van der Waals surface area contributed by atoms with Crippen molar-refractivity contribution >= 4 is 44.0 Å². The number of rotatable bonds is 6. The number of fused-ring (bicyclic) bond motifs is 1. The van der Waals surface area contributed by atoms with Crippen molar-refractivity contribution in [3.63, 3.8) is 0 Å². The normalized spacial score (nSPS) is 11.4. The highest BCUT2D eigenvalue weighted by Crippen LogP contribution is 2.32. The maximum Gasteiger partial charge on any atom is 0.253 e. The first-order valence-electron chi connectivity index (χ1n) is 10.2. The van der Waals surface area contributed by atoms with E-state index in [9.17, 15) is 13.2 Å². The predicted molar refractivity (Wildman–Crippen MR) is 132 cm³/mol. The van der Waals surface area contributed by atoms with Gasteiger partial charge in [-0.05, 0) is 48.0 Å². The van der Waals surface area contributed by atoms with Gasteiger partial charge in [0.05, 0.1) is 17.5 Å². The van der Waals surface area contributed by atoms with Gasteiger partial charge in [0.15, 0.2) is 0 Å². The van der Waals surface area contributed by atoms with E-state index >= 15 is 0 Å². The summed E-state index contributed by atoms with van der Waals surface area (Å²) in [5.41, 5.74) is 4.76. The monoisotopic (exact) mass is 463 g/mol. The van der Waals surface area contributed by atoms with Crippen LogP contribution < -0.4 is 10.0 Å². The molecule has 0 spiro atoms. The van der Waals surface area contributed by atoms with Gasteiger partial charge < -0.3 is 14.8 Å². The number of hydrogen-bond donors (Lipinski definition) is 2. The fourth-order valence-corrected chi connectivity index (χ4v) is 4.25. The van der Waals surface area contributed by atoms with Gasteiger partial charge in [-0.2, -0.15) is 0 Å². The molecule has 0 saturated carbocycles. The molecule has 2 aromatic carbocycles. The van der Waals surface area contributed by atoms with Crippen molar-refractivity contribution in [3.8, 4) is 11.3 Å². The zero-order valence-electron chi connectivity index (χ0n) is 18.8. The van der Waals surface area contributed by atoms with E-state index in [0.717, 1.165) is 28.4 Å². The quantitative estimate of drug-likeness (QED) is 0.450. The molecule has 0 atom stereocenters. The second-order valence-electron chi connectivity index (χ2n) is 8.04. The smallest absolute Gasteiger partial charge is 0.253 e. The second-order valence-corrected chi connectivity index (χ2v) is 9.79. The van der Waals surface area contributed by atoms with Gasteiger partial charge >= 0.3 is 0 Å². The Bertz CT molecular complexity index is 1440. The number of aromatic nitrogens is 2.